The van der Waals surface area contributed by atoms with E-state index < -0.39 is 5.82 Å². The molecule has 1 aromatic carbocycles. The van der Waals surface area contributed by atoms with Gasteiger partial charge in [-0.25, -0.2) is 4.39 Å². The Kier molecular flexibility index (Phi) is 5.40. The molecule has 1 aromatic rings. The maximum atomic E-state index is 13.5. The fourth-order valence-electron chi connectivity index (χ4n) is 1.47. The van der Waals surface area contributed by atoms with Gasteiger partial charge in [-0.15, -0.1) is 0 Å². The minimum Gasteiger partial charge on any atom is -0.344 e. The third kappa shape index (κ3) is 4.28. The fourth-order valence-corrected chi connectivity index (χ4v) is 2.13. The molecule has 1 amide bonds. The van der Waals surface area contributed by atoms with E-state index in [-0.39, 0.29) is 22.7 Å². The molecule has 0 N–H and O–H groups in total. The van der Waals surface area contributed by atoms with Crippen LogP contribution in [0.3, 0.4) is 0 Å². The summed E-state index contributed by atoms with van der Waals surface area (Å²) in [6.45, 7) is 2.52. The van der Waals surface area contributed by atoms with E-state index in [1.54, 1.807) is 18.0 Å². The van der Waals surface area contributed by atoms with Crippen molar-refractivity contribution in [3.8, 4) is 0 Å². The quantitative estimate of drug-likeness (QED) is 0.779. The first-order chi connectivity index (χ1) is 7.91. The first-order valence-corrected chi connectivity index (χ1v) is 6.52. The first-order valence-electron chi connectivity index (χ1n) is 5.22. The van der Waals surface area contributed by atoms with Gasteiger partial charge < -0.3 is 4.90 Å². The van der Waals surface area contributed by atoms with Crippen molar-refractivity contribution in [1.29, 1.82) is 0 Å². The van der Waals surface area contributed by atoms with Crippen molar-refractivity contribution in [2.24, 2.45) is 0 Å². The molecule has 0 saturated carbocycles. The zero-order valence-electron chi connectivity index (χ0n) is 9.71. The van der Waals surface area contributed by atoms with E-state index in [1.165, 1.54) is 12.1 Å². The number of likely N-dealkylation sites (N-methyl/N-ethyl adjacent to an activating group) is 1. The largest absolute Gasteiger partial charge is 0.344 e. The topological polar surface area (TPSA) is 20.3 Å². The molecule has 0 aliphatic rings. The predicted molar refractivity (Wildman–Crippen MR) is 71.1 cm³/mol. The molecule has 0 bridgehead atoms. The monoisotopic (exact) mass is 321 g/mol. The van der Waals surface area contributed by atoms with Crippen LogP contribution in [-0.4, -0.2) is 29.2 Å². The third-order valence-corrected chi connectivity index (χ3v) is 2.98. The second kappa shape index (κ2) is 6.36. The Bertz CT molecular complexity index is 391. The van der Waals surface area contributed by atoms with Crippen molar-refractivity contribution in [2.45, 2.75) is 18.2 Å². The van der Waals surface area contributed by atoms with Gasteiger partial charge in [-0.1, -0.05) is 40.5 Å². The summed E-state index contributed by atoms with van der Waals surface area (Å²) in [6.07, 6.45) is -0.0122. The lowest BCUT2D eigenvalue weighted by Crippen LogP contribution is -2.32. The summed E-state index contributed by atoms with van der Waals surface area (Å²) in [6, 6.07) is 4.41. The third-order valence-electron chi connectivity index (χ3n) is 2.34. The number of alkyl halides is 1. The van der Waals surface area contributed by atoms with E-state index in [0.29, 0.717) is 11.6 Å². The second-order valence-electron chi connectivity index (χ2n) is 3.93. The Morgan fingerprint density at radius 3 is 2.76 bits per heavy atom. The van der Waals surface area contributed by atoms with E-state index in [4.69, 9.17) is 11.6 Å². The lowest BCUT2D eigenvalue weighted by Gasteiger charge is -2.19. The molecule has 0 aliphatic carbocycles. The fraction of sp³-hybridized carbons (Fsp3) is 0.417. The summed E-state index contributed by atoms with van der Waals surface area (Å²) < 4.78 is 13.5. The van der Waals surface area contributed by atoms with E-state index in [9.17, 15) is 9.18 Å². The van der Waals surface area contributed by atoms with Gasteiger partial charge in [-0.05, 0) is 12.1 Å². The molecule has 1 unspecified atom stereocenters. The van der Waals surface area contributed by atoms with E-state index in [2.05, 4.69) is 15.9 Å². The number of nitrogens with zero attached hydrogens (tertiary/aromatic N) is 1. The van der Waals surface area contributed by atoms with Gasteiger partial charge in [0.2, 0.25) is 5.91 Å². The van der Waals surface area contributed by atoms with Crippen LogP contribution < -0.4 is 0 Å². The van der Waals surface area contributed by atoms with Crippen LogP contribution in [0.15, 0.2) is 18.2 Å². The SMILES string of the molecule is CC(Br)CN(C)C(=O)Cc1c(F)cccc1Cl. The number of rotatable bonds is 4. The van der Waals surface area contributed by atoms with Gasteiger partial charge in [0.15, 0.2) is 0 Å². The van der Waals surface area contributed by atoms with Crippen molar-refractivity contribution in [3.05, 3.63) is 34.6 Å². The summed E-state index contributed by atoms with van der Waals surface area (Å²) in [5, 5.41) is 0.290. The van der Waals surface area contributed by atoms with Gasteiger partial charge in [0.05, 0.1) is 6.42 Å². The van der Waals surface area contributed by atoms with E-state index in [1.807, 2.05) is 6.92 Å². The van der Waals surface area contributed by atoms with Crippen molar-refractivity contribution >= 4 is 33.4 Å². The van der Waals surface area contributed by atoms with Crippen LogP contribution in [0.2, 0.25) is 5.02 Å². The maximum absolute atomic E-state index is 13.5. The van der Waals surface area contributed by atoms with Crippen LogP contribution in [0, 0.1) is 5.82 Å². The van der Waals surface area contributed by atoms with Crippen LogP contribution in [0.1, 0.15) is 12.5 Å². The van der Waals surface area contributed by atoms with Gasteiger partial charge in [0.1, 0.15) is 5.82 Å². The number of hydrogen-bond acceptors (Lipinski definition) is 1. The Hall–Kier alpha value is -0.610. The van der Waals surface area contributed by atoms with Gasteiger partial charge in [-0.2, -0.15) is 0 Å². The highest BCUT2D eigenvalue weighted by atomic mass is 79.9. The molecule has 5 heteroatoms. The number of benzene rings is 1. The molecule has 17 heavy (non-hydrogen) atoms. The van der Waals surface area contributed by atoms with Crippen LogP contribution in [0.4, 0.5) is 4.39 Å². The van der Waals surface area contributed by atoms with E-state index >= 15 is 0 Å². The number of carbonyl (C=O) groups is 1. The standard InChI is InChI=1S/C12H14BrClFNO/c1-8(13)7-16(2)12(17)6-9-10(14)4-3-5-11(9)15/h3-5,8H,6-7H2,1-2H3. The van der Waals surface area contributed by atoms with E-state index in [0.717, 1.165) is 0 Å². The highest BCUT2D eigenvalue weighted by Crippen LogP contribution is 2.20. The smallest absolute Gasteiger partial charge is 0.226 e. The average molecular weight is 323 g/mol. The number of halogens is 3. The maximum Gasteiger partial charge on any atom is 0.226 e. The molecule has 2 nitrogen and oxygen atoms in total. The molecule has 0 saturated heterocycles. The van der Waals surface area contributed by atoms with Crippen LogP contribution >= 0.6 is 27.5 Å². The average Bonchev–Trinajstić information content (AvgIpc) is 2.22. The Morgan fingerprint density at radius 1 is 1.59 bits per heavy atom. The van der Waals surface area contributed by atoms with Crippen molar-refractivity contribution in [1.82, 2.24) is 4.90 Å². The Labute approximate surface area is 114 Å². The summed E-state index contributed by atoms with van der Waals surface area (Å²) in [4.78, 5) is 13.6. The summed E-state index contributed by atoms with van der Waals surface area (Å²) in [5.41, 5.74) is 0.258. The summed E-state index contributed by atoms with van der Waals surface area (Å²) in [5.74, 6) is -0.588. The molecule has 0 aliphatic heterocycles. The van der Waals surface area contributed by atoms with Gasteiger partial charge >= 0.3 is 0 Å². The highest BCUT2D eigenvalue weighted by molar-refractivity contribution is 9.09. The molecular formula is C12H14BrClFNO. The van der Waals surface area contributed by atoms with Crippen molar-refractivity contribution < 1.29 is 9.18 Å². The zero-order valence-corrected chi connectivity index (χ0v) is 12.1. The molecule has 0 aromatic heterocycles. The van der Waals surface area contributed by atoms with Crippen LogP contribution in [0.5, 0.6) is 0 Å². The van der Waals surface area contributed by atoms with Crippen molar-refractivity contribution in [2.75, 3.05) is 13.6 Å². The Morgan fingerprint density at radius 2 is 2.24 bits per heavy atom. The molecule has 1 atom stereocenters. The molecular weight excluding hydrogens is 308 g/mol. The number of hydrogen-bond donors (Lipinski definition) is 0. The van der Waals surface area contributed by atoms with Gasteiger partial charge in [-0.3, -0.25) is 4.79 Å². The van der Waals surface area contributed by atoms with Gasteiger partial charge in [0, 0.05) is 29.0 Å². The molecule has 0 radical (unpaired) electrons. The molecule has 1 rings (SSSR count). The number of amides is 1. The molecule has 0 heterocycles. The highest BCUT2D eigenvalue weighted by Gasteiger charge is 2.15. The number of carbonyl (C=O) groups excluding carboxylic acids is 1. The zero-order chi connectivity index (χ0) is 13.0. The predicted octanol–water partition coefficient (Wildman–Crippen LogP) is 3.26. The normalized spacial score (nSPS) is 12.3. The van der Waals surface area contributed by atoms with Gasteiger partial charge in [0.25, 0.3) is 0 Å². The lowest BCUT2D eigenvalue weighted by molar-refractivity contribution is -0.129. The van der Waals surface area contributed by atoms with Crippen molar-refractivity contribution in [3.63, 3.8) is 0 Å². The molecule has 0 spiro atoms. The molecule has 0 fully saturated rings. The van der Waals surface area contributed by atoms with Crippen LogP contribution in [-0.2, 0) is 11.2 Å². The lowest BCUT2D eigenvalue weighted by atomic mass is 10.1. The van der Waals surface area contributed by atoms with Crippen LogP contribution in [0.25, 0.3) is 0 Å². The minimum atomic E-state index is -0.439. The minimum absolute atomic E-state index is 0.0122. The summed E-state index contributed by atoms with van der Waals surface area (Å²) in [7, 11) is 1.69. The second-order valence-corrected chi connectivity index (χ2v) is 5.90. The first kappa shape index (κ1) is 14.5. The molecule has 94 valence electrons. The summed E-state index contributed by atoms with van der Waals surface area (Å²) >= 11 is 9.23. The Balaban J connectivity index is 2.74.